The van der Waals surface area contributed by atoms with Gasteiger partial charge >= 0.3 is 5.97 Å². The fourth-order valence-corrected chi connectivity index (χ4v) is 3.96. The summed E-state index contributed by atoms with van der Waals surface area (Å²) in [5.41, 5.74) is 0. The van der Waals surface area contributed by atoms with Crippen LogP contribution in [0.4, 0.5) is 0 Å². The van der Waals surface area contributed by atoms with Crippen LogP contribution in [0.5, 0.6) is 0 Å². The maximum atomic E-state index is 12.4. The average Bonchev–Trinajstić information content (AvgIpc) is 2.95. The number of rotatable bonds is 6. The van der Waals surface area contributed by atoms with Gasteiger partial charge in [0, 0.05) is 25.9 Å². The van der Waals surface area contributed by atoms with Gasteiger partial charge in [-0.25, -0.2) is 13.4 Å². The smallest absolute Gasteiger partial charge is 0.303 e. The highest BCUT2D eigenvalue weighted by atomic mass is 32.2. The number of aliphatic carboxylic acids is 1. The van der Waals surface area contributed by atoms with Crippen LogP contribution in [0.1, 0.15) is 38.4 Å². The molecule has 0 radical (unpaired) electrons. The number of imidazole rings is 1. The quantitative estimate of drug-likeness (QED) is 0.822. The van der Waals surface area contributed by atoms with Crippen LogP contribution in [0, 0.1) is 5.92 Å². The molecule has 0 aliphatic carbocycles. The normalized spacial score (nSPS) is 18.0. The highest BCUT2D eigenvalue weighted by Gasteiger charge is 2.30. The number of hydrogen-bond donors (Lipinski definition) is 2. The summed E-state index contributed by atoms with van der Waals surface area (Å²) in [4.78, 5) is 17.4. The van der Waals surface area contributed by atoms with E-state index in [0.717, 1.165) is 0 Å². The van der Waals surface area contributed by atoms with E-state index in [1.807, 2.05) is 6.92 Å². The molecule has 8 heteroatoms. The highest BCUT2D eigenvalue weighted by molar-refractivity contribution is 7.89. The molecule has 0 aromatic carbocycles. The number of hydrogen-bond acceptors (Lipinski definition) is 4. The van der Waals surface area contributed by atoms with E-state index < -0.39 is 16.0 Å². The minimum absolute atomic E-state index is 0.142. The zero-order chi connectivity index (χ0) is 15.5. The van der Waals surface area contributed by atoms with Crippen molar-refractivity contribution >= 4 is 16.0 Å². The second-order valence-electron chi connectivity index (χ2n) is 5.33. The minimum Gasteiger partial charge on any atom is -0.481 e. The molecule has 1 fully saturated rings. The molecule has 0 amide bonds. The lowest BCUT2D eigenvalue weighted by atomic mass is 9.93. The molecule has 1 aliphatic rings. The monoisotopic (exact) mass is 315 g/mol. The molecule has 2 rings (SSSR count). The third-order valence-electron chi connectivity index (χ3n) is 3.90. The van der Waals surface area contributed by atoms with Crippen molar-refractivity contribution < 1.29 is 18.3 Å². The molecule has 1 aromatic rings. The Labute approximate surface area is 124 Å². The Hall–Kier alpha value is -1.41. The van der Waals surface area contributed by atoms with Gasteiger partial charge in [-0.15, -0.1) is 0 Å². The van der Waals surface area contributed by atoms with E-state index in [9.17, 15) is 13.2 Å². The Bertz CT molecular complexity index is 588. The van der Waals surface area contributed by atoms with E-state index in [0.29, 0.717) is 50.5 Å². The van der Waals surface area contributed by atoms with Gasteiger partial charge in [-0.2, -0.15) is 4.31 Å². The molecule has 2 N–H and O–H groups in total. The number of aryl methyl sites for hydroxylation is 1. The van der Waals surface area contributed by atoms with Gasteiger partial charge in [-0.3, -0.25) is 4.79 Å². The summed E-state index contributed by atoms with van der Waals surface area (Å²) in [5.74, 6) is 0.153. The van der Waals surface area contributed by atoms with Gasteiger partial charge in [-0.05, 0) is 25.2 Å². The van der Waals surface area contributed by atoms with E-state index >= 15 is 0 Å². The van der Waals surface area contributed by atoms with Crippen molar-refractivity contribution in [2.24, 2.45) is 5.92 Å². The first kappa shape index (κ1) is 16.0. The standard InChI is InChI=1S/C13H21N3O4S/c1-2-11-14-9-12(15-11)21(19,20)16-7-5-10(6-8-16)3-4-13(17)18/h9-10H,2-8H2,1H3,(H,14,15)(H,17,18). The predicted octanol–water partition coefficient (Wildman–Crippen LogP) is 1.24. The maximum Gasteiger partial charge on any atom is 0.303 e. The summed E-state index contributed by atoms with van der Waals surface area (Å²) in [6.07, 6.45) is 4.21. The van der Waals surface area contributed by atoms with E-state index in [2.05, 4.69) is 9.97 Å². The number of nitrogens with zero attached hydrogens (tertiary/aromatic N) is 2. The van der Waals surface area contributed by atoms with Crippen LogP contribution in [0.15, 0.2) is 11.2 Å². The Kier molecular flexibility index (Phi) is 5.00. The summed E-state index contributed by atoms with van der Waals surface area (Å²) >= 11 is 0. The SMILES string of the molecule is CCc1ncc(S(=O)(=O)N2CCC(CCC(=O)O)CC2)[nH]1. The molecule has 0 saturated carbocycles. The summed E-state index contributed by atoms with van der Waals surface area (Å²) in [5, 5.41) is 8.82. The number of H-pyrrole nitrogens is 1. The zero-order valence-corrected chi connectivity index (χ0v) is 12.9. The summed E-state index contributed by atoms with van der Waals surface area (Å²) in [7, 11) is -3.51. The van der Waals surface area contributed by atoms with Crippen molar-refractivity contribution in [3.8, 4) is 0 Å². The minimum atomic E-state index is -3.51. The number of carboxylic acid groups (broad SMARTS) is 1. The topological polar surface area (TPSA) is 103 Å². The molecule has 7 nitrogen and oxygen atoms in total. The fraction of sp³-hybridized carbons (Fsp3) is 0.692. The Morgan fingerprint density at radius 1 is 1.48 bits per heavy atom. The second kappa shape index (κ2) is 6.57. The summed E-state index contributed by atoms with van der Waals surface area (Å²) in [6, 6.07) is 0. The van der Waals surface area contributed by atoms with Gasteiger partial charge in [0.25, 0.3) is 10.0 Å². The fourth-order valence-electron chi connectivity index (χ4n) is 2.56. The van der Waals surface area contributed by atoms with Crippen molar-refractivity contribution in [2.45, 2.75) is 44.1 Å². The number of aromatic nitrogens is 2. The number of piperidine rings is 1. The molecule has 1 saturated heterocycles. The lowest BCUT2D eigenvalue weighted by Crippen LogP contribution is -2.38. The van der Waals surface area contributed by atoms with Crippen LogP contribution in [-0.4, -0.2) is 46.9 Å². The van der Waals surface area contributed by atoms with Crippen LogP contribution in [0.2, 0.25) is 0 Å². The van der Waals surface area contributed by atoms with E-state index in [1.54, 1.807) is 0 Å². The van der Waals surface area contributed by atoms with Crippen molar-refractivity contribution in [2.75, 3.05) is 13.1 Å². The van der Waals surface area contributed by atoms with Crippen molar-refractivity contribution in [3.63, 3.8) is 0 Å². The number of nitrogens with one attached hydrogen (secondary N) is 1. The average molecular weight is 315 g/mol. The van der Waals surface area contributed by atoms with Gasteiger partial charge in [0.1, 0.15) is 5.82 Å². The number of aromatic amines is 1. The van der Waals surface area contributed by atoms with E-state index in [-0.39, 0.29) is 11.4 Å². The second-order valence-corrected chi connectivity index (χ2v) is 7.23. The molecular weight excluding hydrogens is 294 g/mol. The van der Waals surface area contributed by atoms with Crippen LogP contribution >= 0.6 is 0 Å². The summed E-state index contributed by atoms with van der Waals surface area (Å²) in [6.45, 7) is 2.78. The molecule has 2 heterocycles. The van der Waals surface area contributed by atoms with E-state index in [1.165, 1.54) is 10.5 Å². The number of carbonyl (C=O) groups is 1. The van der Waals surface area contributed by atoms with Crippen molar-refractivity contribution in [1.29, 1.82) is 0 Å². The summed E-state index contributed by atoms with van der Waals surface area (Å²) < 4.78 is 26.4. The first-order chi connectivity index (χ1) is 9.93. The van der Waals surface area contributed by atoms with Gasteiger partial charge in [0.2, 0.25) is 0 Å². The van der Waals surface area contributed by atoms with Gasteiger partial charge in [0.15, 0.2) is 5.03 Å². The highest BCUT2D eigenvalue weighted by Crippen LogP contribution is 2.25. The zero-order valence-electron chi connectivity index (χ0n) is 12.1. The molecule has 1 aromatic heterocycles. The van der Waals surface area contributed by atoms with Crippen LogP contribution < -0.4 is 0 Å². The predicted molar refractivity (Wildman–Crippen MR) is 76.3 cm³/mol. The molecule has 21 heavy (non-hydrogen) atoms. The first-order valence-corrected chi connectivity index (χ1v) is 8.63. The Morgan fingerprint density at radius 2 is 2.14 bits per heavy atom. The molecule has 118 valence electrons. The first-order valence-electron chi connectivity index (χ1n) is 7.19. The van der Waals surface area contributed by atoms with Crippen molar-refractivity contribution in [1.82, 2.24) is 14.3 Å². The van der Waals surface area contributed by atoms with E-state index in [4.69, 9.17) is 5.11 Å². The van der Waals surface area contributed by atoms with Gasteiger partial charge < -0.3 is 10.1 Å². The van der Waals surface area contributed by atoms with Crippen LogP contribution in [-0.2, 0) is 21.2 Å². The van der Waals surface area contributed by atoms with Gasteiger partial charge in [-0.1, -0.05) is 6.92 Å². The van der Waals surface area contributed by atoms with Crippen molar-refractivity contribution in [3.05, 3.63) is 12.0 Å². The van der Waals surface area contributed by atoms with Gasteiger partial charge in [0.05, 0.1) is 6.20 Å². The number of sulfonamides is 1. The molecule has 0 atom stereocenters. The lowest BCUT2D eigenvalue weighted by Gasteiger charge is -2.30. The maximum absolute atomic E-state index is 12.4. The largest absolute Gasteiger partial charge is 0.481 e. The van der Waals surface area contributed by atoms with Crippen LogP contribution in [0.25, 0.3) is 0 Å². The molecular formula is C13H21N3O4S. The van der Waals surface area contributed by atoms with Crippen LogP contribution in [0.3, 0.4) is 0 Å². The molecule has 0 bridgehead atoms. The third-order valence-corrected chi connectivity index (χ3v) is 5.71. The molecule has 0 spiro atoms. The number of carboxylic acids is 1. The Balaban J connectivity index is 1.96. The lowest BCUT2D eigenvalue weighted by molar-refractivity contribution is -0.137. The Morgan fingerprint density at radius 3 is 2.67 bits per heavy atom. The third kappa shape index (κ3) is 3.82. The molecule has 0 unspecified atom stereocenters. The molecule has 1 aliphatic heterocycles.